The average Bonchev–Trinajstić information content (AvgIpc) is 3.26. The second-order valence-electron chi connectivity index (χ2n) is 10.6. The standard InChI is InChI=1S/C32H35ClFN5O4S/c1-42-26-11-8-24(9-12-26)37-18-16-36(17-19-37)14-3-15-38-28(21-30(40)35-23-6-4-22(34)5-7-23)31(41)39(32(38)44)25-10-13-29(43-2)27(33)20-25/h4-13,20,28H,3,14-19,21H2,1-2H3,(H,35,40). The number of hydrogen-bond acceptors (Lipinski definition) is 7. The summed E-state index contributed by atoms with van der Waals surface area (Å²) in [5, 5.41) is 3.42. The molecule has 9 nitrogen and oxygen atoms in total. The molecule has 0 aromatic heterocycles. The van der Waals surface area contributed by atoms with Gasteiger partial charge in [0, 0.05) is 44.1 Å². The van der Waals surface area contributed by atoms with Gasteiger partial charge in [-0.1, -0.05) is 11.6 Å². The molecule has 5 rings (SSSR count). The van der Waals surface area contributed by atoms with E-state index in [9.17, 15) is 14.0 Å². The van der Waals surface area contributed by atoms with Gasteiger partial charge in [0.05, 0.1) is 31.4 Å². The van der Waals surface area contributed by atoms with E-state index in [0.717, 1.165) is 44.9 Å². The Hall–Kier alpha value is -3.93. The molecular weight excluding hydrogens is 605 g/mol. The number of anilines is 3. The maximum absolute atomic E-state index is 13.8. The molecule has 1 atom stereocenters. The number of carbonyl (C=O) groups is 2. The molecule has 0 aliphatic carbocycles. The highest BCUT2D eigenvalue weighted by atomic mass is 35.5. The van der Waals surface area contributed by atoms with E-state index in [1.807, 2.05) is 17.0 Å². The predicted octanol–water partition coefficient (Wildman–Crippen LogP) is 5.04. The molecule has 0 spiro atoms. The van der Waals surface area contributed by atoms with E-state index in [1.165, 1.54) is 42.0 Å². The highest BCUT2D eigenvalue weighted by Crippen LogP contribution is 2.33. The molecule has 0 radical (unpaired) electrons. The van der Waals surface area contributed by atoms with Crippen molar-refractivity contribution in [1.29, 1.82) is 0 Å². The van der Waals surface area contributed by atoms with E-state index in [-0.39, 0.29) is 18.2 Å². The van der Waals surface area contributed by atoms with Crippen LogP contribution in [-0.4, -0.2) is 86.3 Å². The van der Waals surface area contributed by atoms with E-state index in [4.69, 9.17) is 33.3 Å². The highest BCUT2D eigenvalue weighted by molar-refractivity contribution is 7.80. The van der Waals surface area contributed by atoms with Gasteiger partial charge in [-0.3, -0.25) is 19.4 Å². The first kappa shape index (κ1) is 31.5. The number of methoxy groups -OCH3 is 2. The number of piperazine rings is 1. The van der Waals surface area contributed by atoms with Crippen molar-refractivity contribution in [3.8, 4) is 11.5 Å². The number of rotatable bonds is 11. The van der Waals surface area contributed by atoms with E-state index in [2.05, 4.69) is 27.2 Å². The van der Waals surface area contributed by atoms with E-state index >= 15 is 0 Å². The van der Waals surface area contributed by atoms with Crippen LogP contribution in [0.15, 0.2) is 66.7 Å². The van der Waals surface area contributed by atoms with E-state index in [1.54, 1.807) is 25.3 Å². The van der Waals surface area contributed by atoms with Crippen molar-refractivity contribution in [2.24, 2.45) is 0 Å². The second kappa shape index (κ2) is 14.2. The molecule has 0 bridgehead atoms. The molecule has 0 saturated carbocycles. The Morgan fingerprint density at radius 2 is 1.64 bits per heavy atom. The average molecular weight is 640 g/mol. The SMILES string of the molecule is COc1ccc(N2CCN(CCCN3C(=S)N(c4ccc(OC)c(Cl)c4)C(=O)C3CC(=O)Nc3ccc(F)cc3)CC2)cc1. The van der Waals surface area contributed by atoms with Crippen molar-refractivity contribution in [1.82, 2.24) is 9.80 Å². The first-order valence-electron chi connectivity index (χ1n) is 14.4. The monoisotopic (exact) mass is 639 g/mol. The summed E-state index contributed by atoms with van der Waals surface area (Å²) in [5.41, 5.74) is 2.13. The maximum Gasteiger partial charge on any atom is 0.256 e. The Labute approximate surface area is 267 Å². The fraction of sp³-hybridized carbons (Fsp3) is 0.344. The minimum Gasteiger partial charge on any atom is -0.497 e. The minimum atomic E-state index is -0.796. The first-order valence-corrected chi connectivity index (χ1v) is 15.2. The zero-order chi connectivity index (χ0) is 31.2. The van der Waals surface area contributed by atoms with Crippen molar-refractivity contribution in [3.05, 3.63) is 77.6 Å². The number of nitrogens with zero attached hydrogens (tertiary/aromatic N) is 4. The van der Waals surface area contributed by atoms with Crippen LogP contribution in [0.25, 0.3) is 0 Å². The molecule has 1 N–H and O–H groups in total. The molecule has 2 aliphatic rings. The molecule has 232 valence electrons. The van der Waals surface area contributed by atoms with Gasteiger partial charge in [-0.15, -0.1) is 0 Å². The van der Waals surface area contributed by atoms with Gasteiger partial charge in [0.15, 0.2) is 5.11 Å². The minimum absolute atomic E-state index is 0.114. The summed E-state index contributed by atoms with van der Waals surface area (Å²) in [7, 11) is 3.18. The van der Waals surface area contributed by atoms with Crippen molar-refractivity contribution in [3.63, 3.8) is 0 Å². The summed E-state index contributed by atoms with van der Waals surface area (Å²) in [4.78, 5) is 34.8. The molecule has 3 aromatic rings. The third kappa shape index (κ3) is 7.23. The summed E-state index contributed by atoms with van der Waals surface area (Å²) in [6, 6.07) is 17.8. The van der Waals surface area contributed by atoms with Crippen LogP contribution < -0.4 is 24.6 Å². The number of halogens is 2. The van der Waals surface area contributed by atoms with Gasteiger partial charge in [-0.05, 0) is 91.9 Å². The lowest BCUT2D eigenvalue weighted by Crippen LogP contribution is -2.47. The smallest absolute Gasteiger partial charge is 0.256 e. The molecule has 44 heavy (non-hydrogen) atoms. The zero-order valence-corrected chi connectivity index (χ0v) is 26.2. The maximum atomic E-state index is 13.8. The predicted molar refractivity (Wildman–Crippen MR) is 174 cm³/mol. The first-order chi connectivity index (χ1) is 21.3. The number of ether oxygens (including phenoxy) is 2. The van der Waals surface area contributed by atoms with Gasteiger partial charge in [0.2, 0.25) is 5.91 Å². The van der Waals surface area contributed by atoms with Crippen molar-refractivity contribution >= 4 is 57.8 Å². The molecule has 2 amide bonds. The van der Waals surface area contributed by atoms with Crippen LogP contribution in [0.2, 0.25) is 5.02 Å². The Balaban J connectivity index is 1.23. The highest BCUT2D eigenvalue weighted by Gasteiger charge is 2.44. The van der Waals surface area contributed by atoms with Gasteiger partial charge in [0.25, 0.3) is 5.91 Å². The Morgan fingerprint density at radius 1 is 0.955 bits per heavy atom. The summed E-state index contributed by atoms with van der Waals surface area (Å²) in [5.74, 6) is 0.241. The summed E-state index contributed by atoms with van der Waals surface area (Å²) in [6.45, 7) is 4.96. The van der Waals surface area contributed by atoms with Crippen LogP contribution in [0.4, 0.5) is 21.5 Å². The largest absolute Gasteiger partial charge is 0.497 e. The Bertz CT molecular complexity index is 1480. The molecule has 2 fully saturated rings. The molecule has 3 aromatic carbocycles. The quantitative estimate of drug-likeness (QED) is 0.293. The number of amides is 2. The lowest BCUT2D eigenvalue weighted by Gasteiger charge is -2.36. The number of hydrogen-bond donors (Lipinski definition) is 1. The van der Waals surface area contributed by atoms with Crippen LogP contribution in [-0.2, 0) is 9.59 Å². The van der Waals surface area contributed by atoms with Gasteiger partial charge in [-0.25, -0.2) is 4.39 Å². The van der Waals surface area contributed by atoms with Crippen LogP contribution >= 0.6 is 23.8 Å². The molecule has 2 saturated heterocycles. The lowest BCUT2D eigenvalue weighted by molar-refractivity contribution is -0.124. The van der Waals surface area contributed by atoms with E-state index < -0.39 is 11.9 Å². The second-order valence-corrected chi connectivity index (χ2v) is 11.4. The summed E-state index contributed by atoms with van der Waals surface area (Å²) in [6.07, 6.45) is 0.639. The molecule has 12 heteroatoms. The Morgan fingerprint density at radius 3 is 2.27 bits per heavy atom. The van der Waals surface area contributed by atoms with Gasteiger partial charge in [0.1, 0.15) is 23.4 Å². The fourth-order valence-corrected chi connectivity index (χ4v) is 6.19. The van der Waals surface area contributed by atoms with Gasteiger partial charge < -0.3 is 24.6 Å². The van der Waals surface area contributed by atoms with Crippen molar-refractivity contribution in [2.45, 2.75) is 18.9 Å². The van der Waals surface area contributed by atoms with Crippen LogP contribution in [0.5, 0.6) is 11.5 Å². The van der Waals surface area contributed by atoms with Gasteiger partial charge in [-0.2, -0.15) is 0 Å². The molecule has 2 heterocycles. The molecular formula is C32H35ClFN5O4S. The van der Waals surface area contributed by atoms with E-state index in [0.29, 0.717) is 33.8 Å². The van der Waals surface area contributed by atoms with Crippen LogP contribution in [0, 0.1) is 5.82 Å². The van der Waals surface area contributed by atoms with Crippen molar-refractivity contribution < 1.29 is 23.5 Å². The third-order valence-electron chi connectivity index (χ3n) is 7.90. The number of carbonyl (C=O) groups excluding carboxylic acids is 2. The van der Waals surface area contributed by atoms with Crippen LogP contribution in [0.3, 0.4) is 0 Å². The lowest BCUT2D eigenvalue weighted by atomic mass is 10.1. The third-order valence-corrected chi connectivity index (χ3v) is 8.61. The number of nitrogens with one attached hydrogen (secondary N) is 1. The molecule has 2 aliphatic heterocycles. The number of thiocarbonyl (C=S) groups is 1. The fourth-order valence-electron chi connectivity index (χ4n) is 5.53. The summed E-state index contributed by atoms with van der Waals surface area (Å²) < 4.78 is 23.9. The zero-order valence-electron chi connectivity index (χ0n) is 24.7. The van der Waals surface area contributed by atoms with Crippen molar-refractivity contribution in [2.75, 3.05) is 68.6 Å². The molecule has 1 unspecified atom stereocenters. The summed E-state index contributed by atoms with van der Waals surface area (Å²) >= 11 is 12.2. The normalized spacial score (nSPS) is 17.3. The van der Waals surface area contributed by atoms with Gasteiger partial charge >= 0.3 is 0 Å². The number of benzene rings is 3. The Kier molecular flexibility index (Phi) is 10.2. The van der Waals surface area contributed by atoms with Crippen LogP contribution in [0.1, 0.15) is 12.8 Å². The topological polar surface area (TPSA) is 77.6 Å².